The summed E-state index contributed by atoms with van der Waals surface area (Å²) >= 11 is 0. The molecule has 2 atom stereocenters. The van der Waals surface area contributed by atoms with Crippen molar-refractivity contribution in [3.8, 4) is 23.0 Å². The highest BCUT2D eigenvalue weighted by molar-refractivity contribution is 6.75. The molecular weight excluding hydrogens is 500 g/mol. The lowest BCUT2D eigenvalue weighted by molar-refractivity contribution is 0.00260. The number of para-hydroxylation sites is 2. The minimum atomic E-state index is -2.09. The average Bonchev–Trinajstić information content (AvgIpc) is 2.80. The van der Waals surface area contributed by atoms with Crippen LogP contribution in [0, 0.1) is 0 Å². The summed E-state index contributed by atoms with van der Waals surface area (Å²) in [5, 5.41) is 11.6. The molecule has 0 saturated heterocycles. The van der Waals surface area contributed by atoms with Crippen LogP contribution in [0.3, 0.4) is 0 Å². The molecule has 0 unspecified atom stereocenters. The number of rotatable bonds is 11. The molecule has 0 aliphatic heterocycles. The Morgan fingerprint density at radius 1 is 0.730 bits per heavy atom. The first-order chi connectivity index (χ1) is 16.9. The van der Waals surface area contributed by atoms with E-state index in [1.807, 2.05) is 42.5 Å². The third kappa shape index (κ3) is 7.75. The van der Waals surface area contributed by atoms with Crippen molar-refractivity contribution < 1.29 is 28.2 Å². The van der Waals surface area contributed by atoms with E-state index >= 15 is 0 Å². The maximum Gasteiger partial charge on any atom is 0.250 e. The molecule has 0 aromatic heterocycles. The van der Waals surface area contributed by atoms with Crippen molar-refractivity contribution in [1.82, 2.24) is 0 Å². The quantitative estimate of drug-likeness (QED) is 0.292. The second-order valence-corrected chi connectivity index (χ2v) is 22.1. The molecule has 6 nitrogen and oxygen atoms in total. The van der Waals surface area contributed by atoms with Crippen LogP contribution in [0.4, 0.5) is 0 Å². The van der Waals surface area contributed by atoms with Gasteiger partial charge < -0.3 is 28.2 Å². The summed E-state index contributed by atoms with van der Waals surface area (Å²) in [5.74, 6) is 2.42. The van der Waals surface area contributed by atoms with Crippen molar-refractivity contribution in [1.29, 1.82) is 0 Å². The zero-order valence-electron chi connectivity index (χ0n) is 24.9. The topological polar surface area (TPSA) is 66.4 Å². The molecule has 1 N–H and O–H groups in total. The van der Waals surface area contributed by atoms with Gasteiger partial charge >= 0.3 is 0 Å². The van der Waals surface area contributed by atoms with E-state index in [0.29, 0.717) is 28.6 Å². The van der Waals surface area contributed by atoms with Gasteiger partial charge in [-0.1, -0.05) is 59.7 Å². The van der Waals surface area contributed by atoms with Crippen LogP contribution in [0.2, 0.25) is 36.3 Å². The number of aliphatic hydroxyl groups is 1. The Morgan fingerprint density at radius 2 is 1.27 bits per heavy atom. The molecule has 0 heterocycles. The summed E-state index contributed by atoms with van der Waals surface area (Å²) in [7, 11) is -0.936. The molecule has 2 aromatic carbocycles. The molecule has 0 fully saturated rings. The fourth-order valence-corrected chi connectivity index (χ4v) is 5.21. The van der Waals surface area contributed by atoms with Gasteiger partial charge in [0.1, 0.15) is 11.9 Å². The molecule has 0 bridgehead atoms. The van der Waals surface area contributed by atoms with Gasteiger partial charge in [0.15, 0.2) is 31.7 Å². The summed E-state index contributed by atoms with van der Waals surface area (Å²) in [6.45, 7) is 22.2. The minimum Gasteiger partial charge on any atom is -0.541 e. The lowest BCUT2D eigenvalue weighted by Crippen LogP contribution is -2.44. The lowest BCUT2D eigenvalue weighted by atomic mass is 10.0. The van der Waals surface area contributed by atoms with Gasteiger partial charge in [0.05, 0.1) is 20.8 Å². The van der Waals surface area contributed by atoms with E-state index in [-0.39, 0.29) is 16.7 Å². The molecule has 0 aliphatic carbocycles. The standard InChI is InChI=1S/C29H48O6Si2/c1-28(2,3)36(9,10)33-20-26(34-23-16-14-13-15-22(23)31-7)27(30)21-17-18-24(25(19-21)32-8)35-37(11,12)29(4,5)6/h13-19,26-27,30H,20H2,1-12H3/t26-,27+/m1/s1. The Labute approximate surface area is 226 Å². The van der Waals surface area contributed by atoms with Crippen LogP contribution >= 0.6 is 0 Å². The lowest BCUT2D eigenvalue weighted by Gasteiger charge is -2.38. The fraction of sp³-hybridized carbons (Fsp3) is 0.586. The maximum atomic E-state index is 11.6. The molecule has 8 heteroatoms. The molecule has 0 spiro atoms. The third-order valence-electron chi connectivity index (χ3n) is 7.81. The Kier molecular flexibility index (Phi) is 9.96. The highest BCUT2D eigenvalue weighted by Crippen LogP contribution is 2.42. The largest absolute Gasteiger partial charge is 0.541 e. The van der Waals surface area contributed by atoms with Crippen molar-refractivity contribution in [3.63, 3.8) is 0 Å². The second kappa shape index (κ2) is 11.8. The predicted octanol–water partition coefficient (Wildman–Crippen LogP) is 7.59. The van der Waals surface area contributed by atoms with Gasteiger partial charge in [0, 0.05) is 0 Å². The van der Waals surface area contributed by atoms with Crippen LogP contribution in [-0.2, 0) is 4.43 Å². The smallest absolute Gasteiger partial charge is 0.250 e. The van der Waals surface area contributed by atoms with E-state index in [2.05, 4.69) is 67.7 Å². The number of hydrogen-bond acceptors (Lipinski definition) is 6. The van der Waals surface area contributed by atoms with Crippen LogP contribution in [0.1, 0.15) is 53.2 Å². The summed E-state index contributed by atoms with van der Waals surface area (Å²) in [5.41, 5.74) is 0.665. The predicted molar refractivity (Wildman–Crippen MR) is 156 cm³/mol. The van der Waals surface area contributed by atoms with E-state index in [4.69, 9.17) is 23.1 Å². The number of ether oxygens (including phenoxy) is 3. The maximum absolute atomic E-state index is 11.6. The summed E-state index contributed by atoms with van der Waals surface area (Å²) in [4.78, 5) is 0. The summed E-state index contributed by atoms with van der Waals surface area (Å²) in [6.07, 6.45) is -1.63. The van der Waals surface area contributed by atoms with E-state index in [9.17, 15) is 5.11 Å². The van der Waals surface area contributed by atoms with Crippen LogP contribution in [0.25, 0.3) is 0 Å². The minimum absolute atomic E-state index is 0.0267. The molecule has 2 rings (SSSR count). The molecule has 0 saturated carbocycles. The van der Waals surface area contributed by atoms with Crippen LogP contribution in [0.5, 0.6) is 23.0 Å². The first-order valence-corrected chi connectivity index (χ1v) is 18.7. The van der Waals surface area contributed by atoms with E-state index in [1.54, 1.807) is 14.2 Å². The Balaban J connectivity index is 2.41. The molecule has 208 valence electrons. The fourth-order valence-electron chi connectivity index (χ4n) is 3.17. The second-order valence-electron chi connectivity index (χ2n) is 12.6. The zero-order valence-corrected chi connectivity index (χ0v) is 26.9. The zero-order chi connectivity index (χ0) is 28.2. The molecular formula is C29H48O6Si2. The Morgan fingerprint density at radius 3 is 1.78 bits per heavy atom. The van der Waals surface area contributed by atoms with Gasteiger partial charge in [-0.15, -0.1) is 0 Å². The number of methoxy groups -OCH3 is 2. The first kappa shape index (κ1) is 31.2. The van der Waals surface area contributed by atoms with Gasteiger partial charge in [-0.05, 0) is 66.1 Å². The number of hydrogen-bond donors (Lipinski definition) is 1. The van der Waals surface area contributed by atoms with Gasteiger partial charge in [-0.2, -0.15) is 0 Å². The van der Waals surface area contributed by atoms with Crippen molar-refractivity contribution in [2.24, 2.45) is 0 Å². The number of aliphatic hydroxyl groups excluding tert-OH is 1. The van der Waals surface area contributed by atoms with Crippen LogP contribution < -0.4 is 18.6 Å². The van der Waals surface area contributed by atoms with E-state index in [0.717, 1.165) is 0 Å². The molecule has 37 heavy (non-hydrogen) atoms. The highest BCUT2D eigenvalue weighted by atomic mass is 28.4. The van der Waals surface area contributed by atoms with E-state index < -0.39 is 28.8 Å². The molecule has 0 radical (unpaired) electrons. The van der Waals surface area contributed by atoms with Gasteiger partial charge in [-0.3, -0.25) is 0 Å². The normalized spacial score (nSPS) is 14.6. The Hall–Kier alpha value is -2.01. The SMILES string of the molecule is COc1ccccc1O[C@H](CO[Si](C)(C)C(C)(C)C)[C@@H](O)c1ccc(O[Si](C)(C)C(C)(C)C)c(OC)c1. The average molecular weight is 549 g/mol. The highest BCUT2D eigenvalue weighted by Gasteiger charge is 2.40. The van der Waals surface area contributed by atoms with Crippen molar-refractivity contribution >= 4 is 16.6 Å². The van der Waals surface area contributed by atoms with Gasteiger partial charge in [0.2, 0.25) is 0 Å². The van der Waals surface area contributed by atoms with Gasteiger partial charge in [-0.25, -0.2) is 0 Å². The van der Waals surface area contributed by atoms with Crippen molar-refractivity contribution in [2.45, 2.75) is 90.0 Å². The van der Waals surface area contributed by atoms with Crippen LogP contribution in [0.15, 0.2) is 42.5 Å². The summed E-state index contributed by atoms with van der Waals surface area (Å²) < 4.78 is 30.5. The Bertz CT molecular complexity index is 1020. The van der Waals surface area contributed by atoms with Crippen molar-refractivity contribution in [2.75, 3.05) is 20.8 Å². The first-order valence-electron chi connectivity index (χ1n) is 12.9. The number of benzene rings is 2. The van der Waals surface area contributed by atoms with Gasteiger partial charge in [0.25, 0.3) is 8.32 Å². The molecule has 0 aliphatic rings. The van der Waals surface area contributed by atoms with Crippen LogP contribution in [-0.4, -0.2) is 48.7 Å². The summed E-state index contributed by atoms with van der Waals surface area (Å²) in [6, 6.07) is 13.0. The molecule has 2 aromatic rings. The molecule has 0 amide bonds. The third-order valence-corrected chi connectivity index (χ3v) is 16.7. The monoisotopic (exact) mass is 548 g/mol. The van der Waals surface area contributed by atoms with Crippen molar-refractivity contribution in [3.05, 3.63) is 48.0 Å². The van der Waals surface area contributed by atoms with E-state index in [1.165, 1.54) is 0 Å².